The molecular formula is C16H18N2O. The second-order valence-corrected chi connectivity index (χ2v) is 4.98. The molecule has 0 spiro atoms. The molecule has 1 unspecified atom stereocenters. The molecule has 0 fully saturated rings. The van der Waals surface area contributed by atoms with Crippen molar-refractivity contribution in [3.63, 3.8) is 0 Å². The van der Waals surface area contributed by atoms with Crippen LogP contribution in [0.15, 0.2) is 42.7 Å². The number of fused-ring (bicyclic) bond motifs is 1. The highest BCUT2D eigenvalue weighted by Gasteiger charge is 2.22. The lowest BCUT2D eigenvalue weighted by Crippen LogP contribution is -2.22. The summed E-state index contributed by atoms with van der Waals surface area (Å²) in [5.74, 6) is 1.49. The summed E-state index contributed by atoms with van der Waals surface area (Å²) < 4.78 is 5.69. The van der Waals surface area contributed by atoms with Gasteiger partial charge in [0.15, 0.2) is 0 Å². The first-order chi connectivity index (χ1) is 9.34. The molecule has 2 heterocycles. The van der Waals surface area contributed by atoms with E-state index in [0.29, 0.717) is 5.92 Å². The molecule has 1 aliphatic rings. The van der Waals surface area contributed by atoms with Crippen molar-refractivity contribution >= 4 is 0 Å². The van der Waals surface area contributed by atoms with Gasteiger partial charge in [-0.1, -0.05) is 18.2 Å². The topological polar surface area (TPSA) is 34.2 Å². The van der Waals surface area contributed by atoms with E-state index in [4.69, 9.17) is 4.74 Å². The van der Waals surface area contributed by atoms with Crippen LogP contribution in [0.1, 0.15) is 22.6 Å². The van der Waals surface area contributed by atoms with Crippen LogP contribution in [-0.2, 0) is 6.54 Å². The maximum absolute atomic E-state index is 5.69. The highest BCUT2D eigenvalue weighted by Crippen LogP contribution is 2.32. The molecular weight excluding hydrogens is 236 g/mol. The smallest absolute Gasteiger partial charge is 0.122 e. The molecule has 19 heavy (non-hydrogen) atoms. The SMILES string of the molecule is Cc1ccncc1CNCC1COc2ccccc21. The van der Waals surface area contributed by atoms with Gasteiger partial charge in [-0.05, 0) is 30.2 Å². The Hall–Kier alpha value is -1.87. The fourth-order valence-corrected chi connectivity index (χ4v) is 2.46. The molecule has 0 saturated carbocycles. The molecule has 1 aromatic carbocycles. The van der Waals surface area contributed by atoms with E-state index in [1.807, 2.05) is 30.6 Å². The lowest BCUT2D eigenvalue weighted by Gasteiger charge is -2.11. The van der Waals surface area contributed by atoms with Crippen molar-refractivity contribution in [1.29, 1.82) is 0 Å². The van der Waals surface area contributed by atoms with Gasteiger partial charge in [0.25, 0.3) is 0 Å². The molecule has 0 saturated heterocycles. The molecule has 0 aliphatic carbocycles. The number of aryl methyl sites for hydroxylation is 1. The van der Waals surface area contributed by atoms with Gasteiger partial charge in [0.05, 0.1) is 6.61 Å². The van der Waals surface area contributed by atoms with E-state index in [0.717, 1.165) is 25.4 Å². The van der Waals surface area contributed by atoms with E-state index in [1.54, 1.807) is 0 Å². The summed E-state index contributed by atoms with van der Waals surface area (Å²) in [5, 5.41) is 3.51. The van der Waals surface area contributed by atoms with E-state index in [9.17, 15) is 0 Å². The maximum Gasteiger partial charge on any atom is 0.122 e. The molecule has 1 aromatic heterocycles. The Morgan fingerprint density at radius 1 is 1.32 bits per heavy atom. The number of ether oxygens (including phenoxy) is 1. The molecule has 0 amide bonds. The minimum absolute atomic E-state index is 0.452. The molecule has 1 aliphatic heterocycles. The minimum atomic E-state index is 0.452. The normalized spacial score (nSPS) is 17.0. The monoisotopic (exact) mass is 254 g/mol. The molecule has 3 rings (SSSR count). The highest BCUT2D eigenvalue weighted by molar-refractivity contribution is 5.39. The first-order valence-electron chi connectivity index (χ1n) is 6.66. The number of para-hydroxylation sites is 1. The third-order valence-corrected chi connectivity index (χ3v) is 3.65. The molecule has 2 aromatic rings. The van der Waals surface area contributed by atoms with Crippen LogP contribution in [0.4, 0.5) is 0 Å². The van der Waals surface area contributed by atoms with E-state index < -0.39 is 0 Å². The average molecular weight is 254 g/mol. The van der Waals surface area contributed by atoms with Crippen LogP contribution in [0.25, 0.3) is 0 Å². The van der Waals surface area contributed by atoms with Gasteiger partial charge in [-0.3, -0.25) is 4.98 Å². The second kappa shape index (κ2) is 5.41. The predicted octanol–water partition coefficient (Wildman–Crippen LogP) is 2.66. The first kappa shape index (κ1) is 12.2. The molecule has 3 heteroatoms. The summed E-state index contributed by atoms with van der Waals surface area (Å²) in [6.45, 7) is 4.69. The third kappa shape index (κ3) is 2.61. The van der Waals surface area contributed by atoms with Crippen molar-refractivity contribution in [3.8, 4) is 5.75 Å². The van der Waals surface area contributed by atoms with Crippen LogP contribution in [0.5, 0.6) is 5.75 Å². The number of hydrogen-bond acceptors (Lipinski definition) is 3. The standard InChI is InChI=1S/C16H18N2O/c1-12-6-7-17-8-13(12)9-18-10-14-11-19-16-5-3-2-4-15(14)16/h2-8,14,18H,9-11H2,1H3. The van der Waals surface area contributed by atoms with Crippen LogP contribution in [0, 0.1) is 6.92 Å². The summed E-state index contributed by atoms with van der Waals surface area (Å²) in [6, 6.07) is 10.3. The summed E-state index contributed by atoms with van der Waals surface area (Å²) in [5.41, 5.74) is 3.86. The van der Waals surface area contributed by atoms with Crippen molar-refractivity contribution in [3.05, 3.63) is 59.4 Å². The molecule has 98 valence electrons. The lowest BCUT2D eigenvalue weighted by molar-refractivity contribution is 0.326. The number of nitrogens with zero attached hydrogens (tertiary/aromatic N) is 1. The van der Waals surface area contributed by atoms with Crippen LogP contribution in [-0.4, -0.2) is 18.1 Å². The van der Waals surface area contributed by atoms with Crippen molar-refractivity contribution < 1.29 is 4.74 Å². The zero-order valence-corrected chi connectivity index (χ0v) is 11.1. The zero-order chi connectivity index (χ0) is 13.1. The number of aromatic nitrogens is 1. The molecule has 1 N–H and O–H groups in total. The van der Waals surface area contributed by atoms with Crippen LogP contribution >= 0.6 is 0 Å². The quantitative estimate of drug-likeness (QED) is 0.910. The third-order valence-electron chi connectivity index (χ3n) is 3.65. The van der Waals surface area contributed by atoms with Crippen LogP contribution < -0.4 is 10.1 Å². The Morgan fingerprint density at radius 2 is 2.21 bits per heavy atom. The molecule has 0 bridgehead atoms. The second-order valence-electron chi connectivity index (χ2n) is 4.98. The minimum Gasteiger partial charge on any atom is -0.493 e. The highest BCUT2D eigenvalue weighted by atomic mass is 16.5. The van der Waals surface area contributed by atoms with Crippen LogP contribution in [0.2, 0.25) is 0 Å². The number of pyridine rings is 1. The van der Waals surface area contributed by atoms with Gasteiger partial charge < -0.3 is 10.1 Å². The van der Waals surface area contributed by atoms with Gasteiger partial charge in [0.2, 0.25) is 0 Å². The van der Waals surface area contributed by atoms with Gasteiger partial charge >= 0.3 is 0 Å². The summed E-state index contributed by atoms with van der Waals surface area (Å²) in [6.07, 6.45) is 3.77. The summed E-state index contributed by atoms with van der Waals surface area (Å²) in [4.78, 5) is 4.17. The fourth-order valence-electron chi connectivity index (χ4n) is 2.46. The largest absolute Gasteiger partial charge is 0.493 e. The first-order valence-corrected chi connectivity index (χ1v) is 6.66. The van der Waals surface area contributed by atoms with Crippen LogP contribution in [0.3, 0.4) is 0 Å². The Kier molecular flexibility index (Phi) is 3.47. The lowest BCUT2D eigenvalue weighted by atomic mass is 10.0. The van der Waals surface area contributed by atoms with Crippen molar-refractivity contribution in [2.75, 3.05) is 13.2 Å². The zero-order valence-electron chi connectivity index (χ0n) is 11.1. The number of nitrogens with one attached hydrogen (secondary N) is 1. The number of benzene rings is 1. The number of hydrogen-bond donors (Lipinski definition) is 1. The number of rotatable bonds is 4. The summed E-state index contributed by atoms with van der Waals surface area (Å²) >= 11 is 0. The van der Waals surface area contributed by atoms with Gasteiger partial charge in [0, 0.05) is 37.0 Å². The average Bonchev–Trinajstić information content (AvgIpc) is 2.85. The van der Waals surface area contributed by atoms with Crippen molar-refractivity contribution in [2.24, 2.45) is 0 Å². The van der Waals surface area contributed by atoms with Gasteiger partial charge in [-0.2, -0.15) is 0 Å². The Morgan fingerprint density at radius 3 is 3.11 bits per heavy atom. The van der Waals surface area contributed by atoms with Gasteiger partial charge in [-0.15, -0.1) is 0 Å². The van der Waals surface area contributed by atoms with E-state index in [1.165, 1.54) is 16.7 Å². The fraction of sp³-hybridized carbons (Fsp3) is 0.312. The van der Waals surface area contributed by atoms with Crippen molar-refractivity contribution in [1.82, 2.24) is 10.3 Å². The van der Waals surface area contributed by atoms with E-state index in [2.05, 4.69) is 29.4 Å². The molecule has 3 nitrogen and oxygen atoms in total. The Bertz CT molecular complexity index is 568. The van der Waals surface area contributed by atoms with Crippen molar-refractivity contribution in [2.45, 2.75) is 19.4 Å². The molecule has 0 radical (unpaired) electrons. The predicted molar refractivity (Wildman–Crippen MR) is 75.4 cm³/mol. The van der Waals surface area contributed by atoms with E-state index in [-0.39, 0.29) is 0 Å². The van der Waals surface area contributed by atoms with E-state index >= 15 is 0 Å². The Balaban J connectivity index is 1.58. The van der Waals surface area contributed by atoms with Gasteiger partial charge in [0.1, 0.15) is 5.75 Å². The van der Waals surface area contributed by atoms with Gasteiger partial charge in [-0.25, -0.2) is 0 Å². The Labute approximate surface area is 113 Å². The maximum atomic E-state index is 5.69. The molecule has 1 atom stereocenters. The summed E-state index contributed by atoms with van der Waals surface area (Å²) in [7, 11) is 0.